The summed E-state index contributed by atoms with van der Waals surface area (Å²) in [5.41, 5.74) is 2.90. The molecule has 0 N–H and O–H groups in total. The third-order valence-corrected chi connectivity index (χ3v) is 5.23. The van der Waals surface area contributed by atoms with E-state index in [-0.39, 0.29) is 11.2 Å². The van der Waals surface area contributed by atoms with Crippen LogP contribution in [0, 0.1) is 0 Å². The van der Waals surface area contributed by atoms with Crippen LogP contribution in [0.1, 0.15) is 66.8 Å². The number of benzene rings is 2. The summed E-state index contributed by atoms with van der Waals surface area (Å²) in [7, 11) is 0. The van der Waals surface area contributed by atoms with E-state index in [1.807, 2.05) is 18.2 Å². The Bertz CT molecular complexity index is 897. The maximum absolute atomic E-state index is 13.1. The van der Waals surface area contributed by atoms with Crippen LogP contribution in [-0.2, 0) is 14.9 Å². The normalized spacial score (nSPS) is 19.4. The molecule has 136 valence electrons. The summed E-state index contributed by atoms with van der Waals surface area (Å²) in [5, 5.41) is 0.873. The van der Waals surface area contributed by atoms with E-state index in [1.54, 1.807) is 18.2 Å². The van der Waals surface area contributed by atoms with Gasteiger partial charge in [0.1, 0.15) is 6.10 Å². The van der Waals surface area contributed by atoms with Gasteiger partial charge in [-0.15, -0.1) is 0 Å². The molecule has 0 fully saturated rings. The number of halogens is 2. The van der Waals surface area contributed by atoms with Crippen LogP contribution in [0.25, 0.3) is 0 Å². The van der Waals surface area contributed by atoms with Crippen molar-refractivity contribution in [2.24, 2.45) is 0 Å². The molecular weight excluding hydrogens is 371 g/mol. The van der Waals surface area contributed by atoms with E-state index in [2.05, 4.69) is 20.8 Å². The van der Waals surface area contributed by atoms with Gasteiger partial charge in [0.15, 0.2) is 5.78 Å². The molecule has 2 aromatic carbocycles. The highest BCUT2D eigenvalue weighted by molar-refractivity contribution is 6.35. The third-order valence-electron chi connectivity index (χ3n) is 4.67. The van der Waals surface area contributed by atoms with Crippen molar-refractivity contribution in [3.8, 4) is 0 Å². The van der Waals surface area contributed by atoms with Crippen molar-refractivity contribution in [3.05, 3.63) is 68.7 Å². The van der Waals surface area contributed by atoms with E-state index >= 15 is 0 Å². The lowest BCUT2D eigenvalue weighted by Crippen LogP contribution is -2.17. The number of hydrogen-bond acceptors (Lipinski definition) is 3. The minimum absolute atomic E-state index is 0.0884. The van der Waals surface area contributed by atoms with Crippen LogP contribution in [0.15, 0.2) is 36.4 Å². The standard InChI is InChI=1S/C21H20Cl2O3/c1-11(24)26-20-16-9-12(21(2,3)4)5-7-14(16)19(25)18(20)15-8-6-13(22)10-17(15)23/h5-10,18,20H,1-4H3. The zero-order valence-corrected chi connectivity index (χ0v) is 16.6. The number of esters is 1. The highest BCUT2D eigenvalue weighted by Crippen LogP contribution is 2.47. The van der Waals surface area contributed by atoms with Crippen LogP contribution in [0.4, 0.5) is 0 Å². The Morgan fingerprint density at radius 1 is 1.04 bits per heavy atom. The highest BCUT2D eigenvalue weighted by Gasteiger charge is 2.44. The molecule has 3 nitrogen and oxygen atoms in total. The number of carbonyl (C=O) groups is 2. The van der Waals surface area contributed by atoms with Crippen molar-refractivity contribution in [2.75, 3.05) is 0 Å². The van der Waals surface area contributed by atoms with E-state index in [1.165, 1.54) is 6.92 Å². The summed E-state index contributed by atoms with van der Waals surface area (Å²) in [6.45, 7) is 7.64. The molecular formula is C21H20Cl2O3. The number of hydrogen-bond donors (Lipinski definition) is 0. The van der Waals surface area contributed by atoms with Gasteiger partial charge in [-0.1, -0.05) is 68.2 Å². The van der Waals surface area contributed by atoms with Gasteiger partial charge < -0.3 is 4.74 Å². The molecule has 0 saturated carbocycles. The molecule has 2 unspecified atom stereocenters. The molecule has 0 bridgehead atoms. The number of carbonyl (C=O) groups excluding carboxylic acids is 2. The lowest BCUT2D eigenvalue weighted by Gasteiger charge is -2.23. The molecule has 3 rings (SSSR count). The van der Waals surface area contributed by atoms with Gasteiger partial charge in [-0.3, -0.25) is 9.59 Å². The van der Waals surface area contributed by atoms with E-state index in [4.69, 9.17) is 27.9 Å². The minimum Gasteiger partial charge on any atom is -0.456 e. The zero-order chi connectivity index (χ0) is 19.2. The molecule has 0 spiro atoms. The fraction of sp³-hybridized carbons (Fsp3) is 0.333. The maximum atomic E-state index is 13.1. The van der Waals surface area contributed by atoms with E-state index in [9.17, 15) is 9.59 Å². The summed E-state index contributed by atoms with van der Waals surface area (Å²) in [6.07, 6.45) is -0.698. The second-order valence-electron chi connectivity index (χ2n) is 7.59. The van der Waals surface area contributed by atoms with Crippen LogP contribution in [0.5, 0.6) is 0 Å². The lowest BCUT2D eigenvalue weighted by molar-refractivity contribution is -0.147. The van der Waals surface area contributed by atoms with Crippen molar-refractivity contribution >= 4 is 35.0 Å². The number of Topliss-reactive ketones (excluding diaryl/α,β-unsaturated/α-hetero) is 1. The second-order valence-corrected chi connectivity index (χ2v) is 8.43. The van der Waals surface area contributed by atoms with Crippen molar-refractivity contribution in [2.45, 2.75) is 45.1 Å². The average Bonchev–Trinajstić information content (AvgIpc) is 2.79. The van der Waals surface area contributed by atoms with E-state index in [0.29, 0.717) is 21.2 Å². The summed E-state index contributed by atoms with van der Waals surface area (Å²) < 4.78 is 5.58. The fourth-order valence-electron chi connectivity index (χ4n) is 3.34. The summed E-state index contributed by atoms with van der Waals surface area (Å²) in [6, 6.07) is 10.7. The molecule has 0 aliphatic heterocycles. The second kappa shape index (κ2) is 6.71. The van der Waals surface area contributed by atoms with Gasteiger partial charge in [0, 0.05) is 28.1 Å². The number of ether oxygens (including phenoxy) is 1. The van der Waals surface area contributed by atoms with Crippen LogP contribution in [0.3, 0.4) is 0 Å². The third kappa shape index (κ3) is 3.38. The molecule has 2 aromatic rings. The molecule has 5 heteroatoms. The molecule has 0 aromatic heterocycles. The van der Waals surface area contributed by atoms with Crippen molar-refractivity contribution in [3.63, 3.8) is 0 Å². The first-order chi connectivity index (χ1) is 12.1. The Morgan fingerprint density at radius 2 is 1.73 bits per heavy atom. The first-order valence-corrected chi connectivity index (χ1v) is 9.16. The number of fused-ring (bicyclic) bond motifs is 1. The molecule has 0 heterocycles. The first-order valence-electron chi connectivity index (χ1n) is 8.40. The van der Waals surface area contributed by atoms with Crippen LogP contribution in [0.2, 0.25) is 10.0 Å². The molecule has 1 aliphatic carbocycles. The minimum atomic E-state index is -0.698. The Balaban J connectivity index is 2.16. The van der Waals surface area contributed by atoms with Gasteiger partial charge in [0.2, 0.25) is 0 Å². The van der Waals surface area contributed by atoms with Gasteiger partial charge in [0.25, 0.3) is 0 Å². The Labute approximate surface area is 163 Å². The van der Waals surface area contributed by atoms with Crippen LogP contribution >= 0.6 is 23.2 Å². The predicted molar refractivity (Wildman–Crippen MR) is 103 cm³/mol. The predicted octanol–water partition coefficient (Wildman–Crippen LogP) is 5.88. The molecule has 0 amide bonds. The number of ketones is 1. The smallest absolute Gasteiger partial charge is 0.303 e. The molecule has 2 atom stereocenters. The van der Waals surface area contributed by atoms with Gasteiger partial charge in [0.05, 0.1) is 5.92 Å². The van der Waals surface area contributed by atoms with Gasteiger partial charge >= 0.3 is 5.97 Å². The maximum Gasteiger partial charge on any atom is 0.303 e. The zero-order valence-electron chi connectivity index (χ0n) is 15.1. The largest absolute Gasteiger partial charge is 0.456 e. The number of rotatable bonds is 2. The summed E-state index contributed by atoms with van der Waals surface area (Å²) in [5.74, 6) is -1.21. The Hall–Kier alpha value is -1.84. The van der Waals surface area contributed by atoms with Gasteiger partial charge in [-0.05, 0) is 28.7 Å². The molecule has 0 saturated heterocycles. The fourth-order valence-corrected chi connectivity index (χ4v) is 3.87. The van der Waals surface area contributed by atoms with Gasteiger partial charge in [-0.25, -0.2) is 0 Å². The van der Waals surface area contributed by atoms with Crippen molar-refractivity contribution in [1.29, 1.82) is 0 Å². The van der Waals surface area contributed by atoms with Crippen LogP contribution < -0.4 is 0 Å². The topological polar surface area (TPSA) is 43.4 Å². The summed E-state index contributed by atoms with van der Waals surface area (Å²) in [4.78, 5) is 24.8. The summed E-state index contributed by atoms with van der Waals surface area (Å²) >= 11 is 12.3. The lowest BCUT2D eigenvalue weighted by atomic mass is 9.85. The molecule has 26 heavy (non-hydrogen) atoms. The van der Waals surface area contributed by atoms with E-state index in [0.717, 1.165) is 11.1 Å². The molecule has 0 radical (unpaired) electrons. The van der Waals surface area contributed by atoms with Gasteiger partial charge in [-0.2, -0.15) is 0 Å². The quantitative estimate of drug-likeness (QED) is 0.601. The average molecular weight is 391 g/mol. The molecule has 1 aliphatic rings. The Kier molecular flexibility index (Phi) is 4.89. The Morgan fingerprint density at radius 3 is 2.31 bits per heavy atom. The monoisotopic (exact) mass is 390 g/mol. The highest BCUT2D eigenvalue weighted by atomic mass is 35.5. The van der Waals surface area contributed by atoms with E-state index < -0.39 is 18.0 Å². The van der Waals surface area contributed by atoms with Crippen LogP contribution in [-0.4, -0.2) is 11.8 Å². The van der Waals surface area contributed by atoms with Crippen molar-refractivity contribution < 1.29 is 14.3 Å². The SMILES string of the molecule is CC(=O)OC1c2cc(C(C)(C)C)ccc2C(=O)C1c1ccc(Cl)cc1Cl. The first kappa shape index (κ1) is 18.9. The van der Waals surface area contributed by atoms with Crippen molar-refractivity contribution in [1.82, 2.24) is 0 Å².